The van der Waals surface area contributed by atoms with Crippen LogP contribution in [0.5, 0.6) is 0 Å². The molecule has 0 spiro atoms. The molecule has 10 nitrogen and oxygen atoms in total. The summed E-state index contributed by atoms with van der Waals surface area (Å²) in [6.07, 6.45) is 0.826. The second-order valence-electron chi connectivity index (χ2n) is 9.42. The third kappa shape index (κ3) is 5.76. The predicted molar refractivity (Wildman–Crippen MR) is 138 cm³/mol. The van der Waals surface area contributed by atoms with Crippen molar-refractivity contribution >= 4 is 6.16 Å². The molecule has 3 heterocycles. The Bertz CT molecular complexity index is 1350. The molecule has 2 N–H and O–H groups in total. The number of carboxylic acid groups (broad SMARTS) is 1. The summed E-state index contributed by atoms with van der Waals surface area (Å²) >= 11 is 0. The third-order valence-corrected chi connectivity index (χ3v) is 6.67. The van der Waals surface area contributed by atoms with Crippen molar-refractivity contribution in [3.8, 4) is 34.3 Å². The highest BCUT2D eigenvalue weighted by molar-refractivity contribution is 5.69. The molecule has 1 aliphatic rings. The van der Waals surface area contributed by atoms with E-state index in [0.717, 1.165) is 48.1 Å². The number of aliphatic hydroxyl groups excluding tert-OH is 1. The number of β-amino-alcohol motifs (C(OH)–C–C–N with tert-alkyl or cyclic N) is 1. The van der Waals surface area contributed by atoms with Gasteiger partial charge in [-0.15, -0.1) is 0 Å². The van der Waals surface area contributed by atoms with Crippen molar-refractivity contribution in [1.82, 2.24) is 20.2 Å². The minimum atomic E-state index is -1.26. The van der Waals surface area contributed by atoms with Gasteiger partial charge in [-0.3, -0.25) is 4.90 Å². The lowest BCUT2D eigenvalue weighted by atomic mass is 10.0. The second-order valence-corrected chi connectivity index (χ2v) is 9.42. The summed E-state index contributed by atoms with van der Waals surface area (Å²) in [4.78, 5) is 17.4. The van der Waals surface area contributed by atoms with Gasteiger partial charge in [0.2, 0.25) is 5.82 Å². The van der Waals surface area contributed by atoms with Crippen LogP contribution in [-0.2, 0) is 11.2 Å². The Morgan fingerprint density at radius 3 is 2.63 bits per heavy atom. The molecule has 1 fully saturated rings. The minimum Gasteiger partial charge on any atom is -0.450 e. The molecule has 1 unspecified atom stereocenters. The van der Waals surface area contributed by atoms with Gasteiger partial charge in [-0.05, 0) is 31.4 Å². The van der Waals surface area contributed by atoms with Gasteiger partial charge in [0.1, 0.15) is 6.10 Å². The summed E-state index contributed by atoms with van der Waals surface area (Å²) in [5.74, 6) is 1.41. The summed E-state index contributed by atoms with van der Waals surface area (Å²) < 4.78 is 16.2. The number of hydrogen-bond acceptors (Lipinski definition) is 9. The molecule has 0 bridgehead atoms. The number of aliphatic hydroxyl groups is 1. The first-order chi connectivity index (χ1) is 18.5. The molecule has 0 amide bonds. The van der Waals surface area contributed by atoms with Crippen molar-refractivity contribution in [2.75, 3.05) is 19.6 Å². The Balaban J connectivity index is 1.28. The second kappa shape index (κ2) is 11.6. The number of benzene rings is 2. The third-order valence-electron chi connectivity index (χ3n) is 6.67. The Kier molecular flexibility index (Phi) is 7.81. The number of nitrogens with zero attached hydrogens (tertiary/aromatic N) is 4. The fourth-order valence-electron chi connectivity index (χ4n) is 4.83. The summed E-state index contributed by atoms with van der Waals surface area (Å²) in [5.41, 5.74) is 3.91. The monoisotopic (exact) mass is 518 g/mol. The first-order valence-electron chi connectivity index (χ1n) is 12.8. The van der Waals surface area contributed by atoms with Crippen LogP contribution in [0.1, 0.15) is 43.4 Å². The molecule has 0 radical (unpaired) electrons. The molecular formula is C28H30N4O6. The van der Waals surface area contributed by atoms with Gasteiger partial charge in [0.15, 0.2) is 11.5 Å². The van der Waals surface area contributed by atoms with Crippen LogP contribution < -0.4 is 0 Å². The molecular weight excluding hydrogens is 488 g/mol. The van der Waals surface area contributed by atoms with Crippen LogP contribution in [-0.4, -0.2) is 62.3 Å². The number of likely N-dealkylation sites (tertiary alicyclic amines) is 1. The van der Waals surface area contributed by atoms with E-state index in [1.54, 1.807) is 0 Å². The van der Waals surface area contributed by atoms with E-state index in [1.165, 1.54) is 0 Å². The highest BCUT2D eigenvalue weighted by atomic mass is 16.7. The maximum atomic E-state index is 10.8. The zero-order valence-electron chi connectivity index (χ0n) is 21.1. The SMILES string of the molecule is CCCc1c(-c2nc(-c3ccc(C(O)CN4CCC[C@H](OC(=O)O)C4)cc3)no2)noc1-c1ccccc1. The Morgan fingerprint density at radius 1 is 1.11 bits per heavy atom. The fourth-order valence-corrected chi connectivity index (χ4v) is 4.83. The number of piperidine rings is 1. The molecule has 4 aromatic rings. The van der Waals surface area contributed by atoms with Crippen LogP contribution in [0.15, 0.2) is 63.6 Å². The predicted octanol–water partition coefficient (Wildman–Crippen LogP) is 5.20. The molecule has 2 atom stereocenters. The summed E-state index contributed by atoms with van der Waals surface area (Å²) in [6.45, 7) is 3.74. The van der Waals surface area contributed by atoms with Gasteiger partial charge in [-0.1, -0.05) is 78.3 Å². The number of rotatable bonds is 9. The van der Waals surface area contributed by atoms with Crippen molar-refractivity contribution in [3.63, 3.8) is 0 Å². The highest BCUT2D eigenvalue weighted by Crippen LogP contribution is 2.33. The lowest BCUT2D eigenvalue weighted by molar-refractivity contribution is 0.00215. The van der Waals surface area contributed by atoms with Gasteiger partial charge in [0.25, 0.3) is 5.89 Å². The van der Waals surface area contributed by atoms with Gasteiger partial charge in [-0.2, -0.15) is 4.98 Å². The van der Waals surface area contributed by atoms with Crippen LogP contribution >= 0.6 is 0 Å². The van der Waals surface area contributed by atoms with Crippen molar-refractivity contribution in [1.29, 1.82) is 0 Å². The molecule has 2 aromatic heterocycles. The lowest BCUT2D eigenvalue weighted by Crippen LogP contribution is -2.42. The van der Waals surface area contributed by atoms with Crippen LogP contribution in [0.2, 0.25) is 0 Å². The highest BCUT2D eigenvalue weighted by Gasteiger charge is 2.26. The topological polar surface area (TPSA) is 135 Å². The molecule has 0 aliphatic carbocycles. The Morgan fingerprint density at radius 2 is 1.89 bits per heavy atom. The smallest absolute Gasteiger partial charge is 0.450 e. The van der Waals surface area contributed by atoms with E-state index < -0.39 is 12.3 Å². The minimum absolute atomic E-state index is 0.293. The van der Waals surface area contributed by atoms with Crippen LogP contribution in [0.3, 0.4) is 0 Å². The summed E-state index contributed by atoms with van der Waals surface area (Å²) in [6, 6.07) is 17.2. The zero-order chi connectivity index (χ0) is 26.5. The fraction of sp³-hybridized carbons (Fsp3) is 0.357. The van der Waals surface area contributed by atoms with Crippen molar-refractivity contribution in [2.45, 2.75) is 44.8 Å². The van der Waals surface area contributed by atoms with Gasteiger partial charge in [-0.25, -0.2) is 4.79 Å². The first-order valence-corrected chi connectivity index (χ1v) is 12.8. The van der Waals surface area contributed by atoms with Gasteiger partial charge in [0.05, 0.1) is 6.10 Å². The molecule has 38 heavy (non-hydrogen) atoms. The molecule has 1 saturated heterocycles. The van der Waals surface area contributed by atoms with E-state index >= 15 is 0 Å². The lowest BCUT2D eigenvalue weighted by Gasteiger charge is -2.33. The molecule has 10 heteroatoms. The van der Waals surface area contributed by atoms with E-state index in [0.29, 0.717) is 42.7 Å². The van der Waals surface area contributed by atoms with Crippen molar-refractivity contribution in [3.05, 3.63) is 65.7 Å². The number of carbonyl (C=O) groups is 1. The Labute approximate surface area is 219 Å². The van der Waals surface area contributed by atoms with Gasteiger partial charge >= 0.3 is 6.16 Å². The molecule has 5 rings (SSSR count). The van der Waals surface area contributed by atoms with Crippen molar-refractivity contribution < 1.29 is 28.8 Å². The molecule has 0 saturated carbocycles. The Hall–Kier alpha value is -4.02. The maximum absolute atomic E-state index is 10.8. The normalized spacial score (nSPS) is 16.8. The van der Waals surface area contributed by atoms with Gasteiger partial charge < -0.3 is 24.0 Å². The van der Waals surface area contributed by atoms with E-state index in [4.69, 9.17) is 18.9 Å². The van der Waals surface area contributed by atoms with E-state index in [1.807, 2.05) is 59.5 Å². The first kappa shape index (κ1) is 25.6. The standard InChI is InChI=1S/C28H30N4O6/c1-2-7-22-24(30-37-25(22)19-8-4-3-5-9-19)27-29-26(31-38-27)20-13-11-18(12-14-20)23(33)17-32-15-6-10-21(16-32)36-28(34)35/h3-5,8-9,11-14,21,23,33H,2,6-7,10,15-17H2,1H3,(H,34,35)/t21-,23?/m0/s1. The number of hydrogen-bond donors (Lipinski definition) is 2. The quantitative estimate of drug-likeness (QED) is 0.284. The number of aromatic nitrogens is 3. The van der Waals surface area contributed by atoms with E-state index in [-0.39, 0.29) is 6.10 Å². The van der Waals surface area contributed by atoms with E-state index in [2.05, 4.69) is 22.2 Å². The summed E-state index contributed by atoms with van der Waals surface area (Å²) in [7, 11) is 0. The van der Waals surface area contributed by atoms with Crippen molar-refractivity contribution in [2.24, 2.45) is 0 Å². The van der Waals surface area contributed by atoms with Gasteiger partial charge in [0, 0.05) is 29.8 Å². The maximum Gasteiger partial charge on any atom is 0.506 e. The average molecular weight is 519 g/mol. The number of ether oxygens (including phenoxy) is 1. The van der Waals surface area contributed by atoms with Crippen LogP contribution in [0.25, 0.3) is 34.3 Å². The average Bonchev–Trinajstić information content (AvgIpc) is 3.57. The zero-order valence-corrected chi connectivity index (χ0v) is 21.1. The van der Waals surface area contributed by atoms with E-state index in [9.17, 15) is 9.90 Å². The van der Waals surface area contributed by atoms with Crippen LogP contribution in [0, 0.1) is 0 Å². The molecule has 1 aliphatic heterocycles. The molecule has 2 aromatic carbocycles. The largest absolute Gasteiger partial charge is 0.506 e. The molecule has 198 valence electrons. The summed E-state index contributed by atoms with van der Waals surface area (Å²) in [5, 5.41) is 28.0. The van der Waals surface area contributed by atoms with Crippen LogP contribution in [0.4, 0.5) is 4.79 Å².